The Balaban J connectivity index is 0.000000362. The highest BCUT2D eigenvalue weighted by Crippen LogP contribution is 2.37. The molecule has 0 unspecified atom stereocenters. The summed E-state index contributed by atoms with van der Waals surface area (Å²) in [6.45, 7) is 5.60. The van der Waals surface area contributed by atoms with E-state index < -0.39 is 15.6 Å². The van der Waals surface area contributed by atoms with Gasteiger partial charge in [0.15, 0.2) is 0 Å². The van der Waals surface area contributed by atoms with Gasteiger partial charge in [-0.3, -0.25) is 9.13 Å². The van der Waals surface area contributed by atoms with Crippen LogP contribution < -0.4 is 10.6 Å². The van der Waals surface area contributed by atoms with Crippen molar-refractivity contribution in [3.8, 4) is 0 Å². The molecule has 0 aliphatic carbocycles. The number of unbranched alkanes of at least 4 members (excludes halogenated alkanes) is 10. The highest BCUT2D eigenvalue weighted by Gasteiger charge is 2.22. The van der Waals surface area contributed by atoms with Crippen molar-refractivity contribution in [2.45, 2.75) is 90.9 Å². The van der Waals surface area contributed by atoms with Gasteiger partial charge in [-0.2, -0.15) is 0 Å². The van der Waals surface area contributed by atoms with Crippen LogP contribution in [0.5, 0.6) is 0 Å². The minimum absolute atomic E-state index is 0.469. The van der Waals surface area contributed by atoms with Crippen molar-refractivity contribution in [2.24, 2.45) is 0 Å². The standard InChI is InChI=1S/C16H35O3P.C12H11O2P/c1-3-5-7-9-11-13-15-18-20(17)19-16-14-12-10-8-6-4-2;13-15(14,11-7-3-1-4-8-11)12-9-5-2-6-10-12/h20H,3-16H2,1-2H3;1-10H,(H,13,14). The van der Waals surface area contributed by atoms with Gasteiger partial charge in [0, 0.05) is 10.6 Å². The fraction of sp³-hybridized carbons (Fsp3) is 0.571. The lowest BCUT2D eigenvalue weighted by Gasteiger charge is -2.11. The third kappa shape index (κ3) is 15.5. The Bertz CT molecular complexity index is 751. The van der Waals surface area contributed by atoms with Gasteiger partial charge in [-0.1, -0.05) is 114 Å². The molecule has 0 aliphatic heterocycles. The predicted molar refractivity (Wildman–Crippen MR) is 150 cm³/mol. The van der Waals surface area contributed by atoms with Crippen molar-refractivity contribution in [3.05, 3.63) is 60.7 Å². The second-order valence-corrected chi connectivity index (χ2v) is 12.0. The van der Waals surface area contributed by atoms with Crippen LogP contribution in [0.1, 0.15) is 90.9 Å². The summed E-state index contributed by atoms with van der Waals surface area (Å²) in [5.41, 5.74) is 0. The number of benzene rings is 2. The average molecular weight is 525 g/mol. The molecule has 2 rings (SSSR count). The molecule has 0 saturated heterocycles. The van der Waals surface area contributed by atoms with E-state index >= 15 is 0 Å². The van der Waals surface area contributed by atoms with Crippen LogP contribution in [0.2, 0.25) is 0 Å². The van der Waals surface area contributed by atoms with E-state index in [-0.39, 0.29) is 0 Å². The van der Waals surface area contributed by atoms with Crippen LogP contribution in [0.3, 0.4) is 0 Å². The Morgan fingerprint density at radius 1 is 0.629 bits per heavy atom. The zero-order valence-corrected chi connectivity index (χ0v) is 23.6. The zero-order valence-electron chi connectivity index (χ0n) is 21.7. The van der Waals surface area contributed by atoms with Gasteiger partial charge in [0.25, 0.3) is 7.37 Å². The highest BCUT2D eigenvalue weighted by atomic mass is 31.2. The lowest BCUT2D eigenvalue weighted by molar-refractivity contribution is 0.218. The maximum atomic E-state index is 12.2. The van der Waals surface area contributed by atoms with Crippen molar-refractivity contribution in [2.75, 3.05) is 13.2 Å². The summed E-state index contributed by atoms with van der Waals surface area (Å²) in [6.07, 6.45) is 14.7. The van der Waals surface area contributed by atoms with Crippen LogP contribution in [0, 0.1) is 0 Å². The van der Waals surface area contributed by atoms with Gasteiger partial charge in [-0.25, -0.2) is 0 Å². The third-order valence-corrected chi connectivity index (χ3v) is 8.52. The second kappa shape index (κ2) is 20.9. The number of hydrogen-bond donors (Lipinski definition) is 1. The summed E-state index contributed by atoms with van der Waals surface area (Å²) in [4.78, 5) is 10.0. The van der Waals surface area contributed by atoms with Crippen LogP contribution in [0.25, 0.3) is 0 Å². The fourth-order valence-electron chi connectivity index (χ4n) is 3.53. The summed E-state index contributed by atoms with van der Waals surface area (Å²) < 4.78 is 34.1. The molecular formula is C28H46O5P2. The summed E-state index contributed by atoms with van der Waals surface area (Å²) in [7, 11) is -5.63. The molecule has 0 spiro atoms. The molecule has 5 nitrogen and oxygen atoms in total. The van der Waals surface area contributed by atoms with E-state index in [0.717, 1.165) is 12.8 Å². The van der Waals surface area contributed by atoms with E-state index in [1.165, 1.54) is 64.2 Å². The predicted octanol–water partition coefficient (Wildman–Crippen LogP) is 8.04. The lowest BCUT2D eigenvalue weighted by Crippen LogP contribution is -2.14. The van der Waals surface area contributed by atoms with Gasteiger partial charge in [0.1, 0.15) is 0 Å². The van der Waals surface area contributed by atoms with Crippen molar-refractivity contribution >= 4 is 26.2 Å². The number of rotatable bonds is 18. The Hall–Kier alpha value is -1.22. The van der Waals surface area contributed by atoms with Crippen molar-refractivity contribution < 1.29 is 23.1 Å². The normalized spacial score (nSPS) is 11.3. The number of hydrogen-bond acceptors (Lipinski definition) is 4. The Kier molecular flexibility index (Phi) is 19.0. The van der Waals surface area contributed by atoms with E-state index in [9.17, 15) is 14.0 Å². The molecule has 198 valence electrons. The van der Waals surface area contributed by atoms with Crippen molar-refractivity contribution in [1.29, 1.82) is 0 Å². The van der Waals surface area contributed by atoms with Gasteiger partial charge in [0.05, 0.1) is 13.2 Å². The third-order valence-electron chi connectivity index (χ3n) is 5.65. The molecule has 1 N–H and O–H groups in total. The lowest BCUT2D eigenvalue weighted by atomic mass is 10.1. The molecule has 0 aliphatic rings. The van der Waals surface area contributed by atoms with E-state index in [1.54, 1.807) is 48.5 Å². The molecule has 0 atom stereocenters. The molecule has 2 aromatic rings. The van der Waals surface area contributed by atoms with Gasteiger partial charge in [-0.05, 0) is 37.1 Å². The quantitative estimate of drug-likeness (QED) is 0.158. The van der Waals surface area contributed by atoms with Crippen molar-refractivity contribution in [3.63, 3.8) is 0 Å². The molecule has 0 radical (unpaired) electrons. The minimum Gasteiger partial charge on any atom is -0.338 e. The Morgan fingerprint density at radius 2 is 0.971 bits per heavy atom. The van der Waals surface area contributed by atoms with E-state index in [2.05, 4.69) is 13.8 Å². The van der Waals surface area contributed by atoms with Gasteiger partial charge < -0.3 is 13.9 Å². The average Bonchev–Trinajstić information content (AvgIpc) is 2.89. The largest absolute Gasteiger partial charge is 0.338 e. The van der Waals surface area contributed by atoms with Crippen LogP contribution in [-0.4, -0.2) is 18.1 Å². The molecule has 35 heavy (non-hydrogen) atoms. The van der Waals surface area contributed by atoms with Crippen LogP contribution in [0.15, 0.2) is 60.7 Å². The maximum absolute atomic E-state index is 12.2. The SMILES string of the molecule is CCCCCCCCO[PH](=O)OCCCCCCCC.O=P(O)(c1ccccc1)c1ccccc1. The second-order valence-electron chi connectivity index (χ2n) is 8.73. The molecule has 0 bridgehead atoms. The first kappa shape index (κ1) is 31.8. The monoisotopic (exact) mass is 524 g/mol. The molecule has 0 fully saturated rings. The van der Waals surface area contributed by atoms with Crippen LogP contribution in [-0.2, 0) is 18.2 Å². The first-order chi connectivity index (χ1) is 17.0. The first-order valence-corrected chi connectivity index (χ1v) is 16.1. The molecule has 0 saturated carbocycles. The molecule has 7 heteroatoms. The van der Waals surface area contributed by atoms with Crippen LogP contribution in [0.4, 0.5) is 0 Å². The molecule has 0 heterocycles. The van der Waals surface area contributed by atoms with Crippen LogP contribution >= 0.6 is 15.6 Å². The summed E-state index contributed by atoms with van der Waals surface area (Å²) >= 11 is 0. The molecular weight excluding hydrogens is 478 g/mol. The minimum atomic E-state index is -3.40. The summed E-state index contributed by atoms with van der Waals surface area (Å²) in [6, 6.07) is 17.4. The van der Waals surface area contributed by atoms with E-state index in [4.69, 9.17) is 9.05 Å². The summed E-state index contributed by atoms with van der Waals surface area (Å²) in [5.74, 6) is 0. The van der Waals surface area contributed by atoms with E-state index in [0.29, 0.717) is 23.8 Å². The maximum Gasteiger partial charge on any atom is 0.319 e. The fourth-order valence-corrected chi connectivity index (χ4v) is 5.68. The topological polar surface area (TPSA) is 72.8 Å². The van der Waals surface area contributed by atoms with Gasteiger partial charge in [-0.15, -0.1) is 0 Å². The summed E-state index contributed by atoms with van der Waals surface area (Å²) in [5, 5.41) is 0.937. The Labute approximate surface area is 214 Å². The first-order valence-electron chi connectivity index (χ1n) is 13.3. The molecule has 0 aromatic heterocycles. The van der Waals surface area contributed by atoms with Gasteiger partial charge >= 0.3 is 8.25 Å². The van der Waals surface area contributed by atoms with Crippen molar-refractivity contribution in [1.82, 2.24) is 0 Å². The smallest absolute Gasteiger partial charge is 0.319 e. The zero-order chi connectivity index (χ0) is 25.6. The Morgan fingerprint density at radius 3 is 1.34 bits per heavy atom. The molecule has 2 aromatic carbocycles. The molecule has 0 amide bonds. The van der Waals surface area contributed by atoms with E-state index in [1.807, 2.05) is 12.1 Å². The van der Waals surface area contributed by atoms with Gasteiger partial charge in [0.2, 0.25) is 0 Å². The highest BCUT2D eigenvalue weighted by molar-refractivity contribution is 7.73.